The molecule has 0 aromatic heterocycles. The molecule has 6 atom stereocenters. The summed E-state index contributed by atoms with van der Waals surface area (Å²) in [7, 11) is 0. The lowest BCUT2D eigenvalue weighted by atomic mass is 9.55. The number of halogens is 6. The van der Waals surface area contributed by atoms with Crippen LogP contribution in [0.4, 0.5) is 26.3 Å². The third-order valence-electron chi connectivity index (χ3n) is 10.4. The lowest BCUT2D eigenvalue weighted by molar-refractivity contribution is -0.347. The smallest absolute Gasteiger partial charge is 0.393 e. The molecular weight excluding hydrogens is 574 g/mol. The Bertz CT molecular complexity index is 1080. The van der Waals surface area contributed by atoms with Gasteiger partial charge in [0, 0.05) is 6.42 Å². The standard InChI is InChI=1S/C33H48F6O4/c1-21-23(19-24(40)20-26(21)41)11-10-22-9-6-17-30(5)25(22)12-13-27(30)29(4,15-7-14-28(2,3)42)16-8-18-31(43,32(34,35)36)33(37,38)39/h8,10-11,18,24-27,40-43H,1,6-7,9,12-17,19-20H2,2-5H3/b18-8-,22-10?,23-11-/t24-,25?,26?,27-,29+,30+/m1/s1. The summed E-state index contributed by atoms with van der Waals surface area (Å²) >= 11 is 0. The highest BCUT2D eigenvalue weighted by molar-refractivity contribution is 5.38. The molecule has 0 amide bonds. The third-order valence-corrected chi connectivity index (χ3v) is 10.4. The van der Waals surface area contributed by atoms with Gasteiger partial charge in [0.2, 0.25) is 0 Å². The minimum atomic E-state index is -5.92. The molecule has 0 aromatic rings. The number of aliphatic hydroxyl groups excluding tert-OH is 2. The van der Waals surface area contributed by atoms with Crippen LogP contribution >= 0.6 is 0 Å². The van der Waals surface area contributed by atoms with Gasteiger partial charge in [-0.3, -0.25) is 0 Å². The number of hydrogen-bond acceptors (Lipinski definition) is 4. The van der Waals surface area contributed by atoms with E-state index in [1.54, 1.807) is 13.8 Å². The number of rotatable bonds is 9. The quantitative estimate of drug-likeness (QED) is 0.156. The molecule has 4 nitrogen and oxygen atoms in total. The number of fused-ring (bicyclic) bond motifs is 1. The average Bonchev–Trinajstić information content (AvgIpc) is 3.21. The van der Waals surface area contributed by atoms with Gasteiger partial charge in [0.25, 0.3) is 5.60 Å². The van der Waals surface area contributed by atoms with Crippen molar-refractivity contribution >= 4 is 0 Å². The van der Waals surface area contributed by atoms with Gasteiger partial charge in [-0.1, -0.05) is 50.6 Å². The maximum atomic E-state index is 13.4. The molecule has 0 radical (unpaired) electrons. The third kappa shape index (κ3) is 7.79. The first-order chi connectivity index (χ1) is 19.5. The molecule has 4 N–H and O–H groups in total. The van der Waals surface area contributed by atoms with Crippen molar-refractivity contribution in [3.05, 3.63) is 47.6 Å². The van der Waals surface area contributed by atoms with Crippen molar-refractivity contribution in [2.45, 2.75) is 134 Å². The Labute approximate surface area is 251 Å². The van der Waals surface area contributed by atoms with Crippen molar-refractivity contribution in [1.82, 2.24) is 0 Å². The fourth-order valence-electron chi connectivity index (χ4n) is 8.04. The molecule has 0 bridgehead atoms. The zero-order valence-electron chi connectivity index (χ0n) is 25.7. The molecule has 10 heteroatoms. The molecule has 2 unspecified atom stereocenters. The van der Waals surface area contributed by atoms with Crippen LogP contribution in [0.5, 0.6) is 0 Å². The van der Waals surface area contributed by atoms with Gasteiger partial charge in [-0.25, -0.2) is 0 Å². The molecule has 0 heterocycles. The van der Waals surface area contributed by atoms with Crippen LogP contribution in [-0.2, 0) is 0 Å². The monoisotopic (exact) mass is 622 g/mol. The Morgan fingerprint density at radius 3 is 2.16 bits per heavy atom. The highest BCUT2D eigenvalue weighted by Gasteiger charge is 2.69. The van der Waals surface area contributed by atoms with Crippen molar-refractivity contribution in [3.63, 3.8) is 0 Å². The summed E-state index contributed by atoms with van der Waals surface area (Å²) in [5.74, 6) is 0.139. The van der Waals surface area contributed by atoms with Crippen molar-refractivity contribution in [2.24, 2.45) is 22.7 Å². The van der Waals surface area contributed by atoms with E-state index in [1.807, 2.05) is 19.1 Å². The molecule has 246 valence electrons. The Hall–Kier alpha value is -1.62. The highest BCUT2D eigenvalue weighted by atomic mass is 19.4. The van der Waals surface area contributed by atoms with E-state index < -0.39 is 41.2 Å². The summed E-state index contributed by atoms with van der Waals surface area (Å²) in [4.78, 5) is 0. The molecule has 0 aliphatic heterocycles. The number of allylic oxidation sites excluding steroid dienone is 4. The maximum absolute atomic E-state index is 13.4. The van der Waals surface area contributed by atoms with Crippen LogP contribution in [0, 0.1) is 22.7 Å². The topological polar surface area (TPSA) is 80.9 Å². The molecule has 0 saturated heterocycles. The molecular formula is C33H48F6O4. The summed E-state index contributed by atoms with van der Waals surface area (Å²) in [6.45, 7) is 11.4. The van der Waals surface area contributed by atoms with Gasteiger partial charge in [-0.2, -0.15) is 26.3 Å². The predicted octanol–water partition coefficient (Wildman–Crippen LogP) is 7.88. The zero-order chi connectivity index (χ0) is 32.6. The number of alkyl halides is 6. The average molecular weight is 623 g/mol. The minimum absolute atomic E-state index is 0.0223. The number of hydrogen-bond donors (Lipinski definition) is 4. The Morgan fingerprint density at radius 1 is 0.953 bits per heavy atom. The van der Waals surface area contributed by atoms with Crippen LogP contribution in [0.3, 0.4) is 0 Å². The Morgan fingerprint density at radius 2 is 1.58 bits per heavy atom. The van der Waals surface area contributed by atoms with Crippen LogP contribution in [0.15, 0.2) is 47.6 Å². The van der Waals surface area contributed by atoms with Crippen LogP contribution in [0.1, 0.15) is 98.3 Å². The van der Waals surface area contributed by atoms with Gasteiger partial charge >= 0.3 is 12.4 Å². The van der Waals surface area contributed by atoms with Gasteiger partial charge in [0.1, 0.15) is 0 Å². The Kier molecular flexibility index (Phi) is 10.5. The summed E-state index contributed by atoms with van der Waals surface area (Å²) in [5.41, 5.74) is -4.25. The molecule has 3 saturated carbocycles. The van der Waals surface area contributed by atoms with E-state index in [-0.39, 0.29) is 36.2 Å². The molecule has 3 fully saturated rings. The molecule has 3 aliphatic carbocycles. The van der Waals surface area contributed by atoms with E-state index in [2.05, 4.69) is 13.5 Å². The normalized spacial score (nSPS) is 32.9. The first-order valence-electron chi connectivity index (χ1n) is 15.2. The second-order valence-corrected chi connectivity index (χ2v) is 14.3. The lowest BCUT2D eigenvalue weighted by Crippen LogP contribution is -2.55. The first kappa shape index (κ1) is 35.9. The zero-order valence-corrected chi connectivity index (χ0v) is 25.7. The van der Waals surface area contributed by atoms with Crippen LogP contribution in [0.2, 0.25) is 0 Å². The van der Waals surface area contributed by atoms with Crippen molar-refractivity contribution in [2.75, 3.05) is 0 Å². The summed E-state index contributed by atoms with van der Waals surface area (Å²) in [5, 5.41) is 40.3. The van der Waals surface area contributed by atoms with Gasteiger partial charge in [0.05, 0.1) is 17.8 Å². The highest BCUT2D eigenvalue weighted by Crippen LogP contribution is 2.64. The van der Waals surface area contributed by atoms with Crippen molar-refractivity contribution < 1.29 is 46.8 Å². The molecule has 3 rings (SSSR count). The van der Waals surface area contributed by atoms with Gasteiger partial charge in [0.15, 0.2) is 0 Å². The molecule has 0 aromatic carbocycles. The summed E-state index contributed by atoms with van der Waals surface area (Å²) in [6, 6.07) is 0. The van der Waals surface area contributed by atoms with E-state index in [0.717, 1.165) is 43.8 Å². The van der Waals surface area contributed by atoms with Crippen LogP contribution < -0.4 is 0 Å². The number of aliphatic hydroxyl groups is 4. The summed E-state index contributed by atoms with van der Waals surface area (Å²) in [6.07, 6.45) is -2.44. The van der Waals surface area contributed by atoms with Crippen molar-refractivity contribution in [1.29, 1.82) is 0 Å². The van der Waals surface area contributed by atoms with E-state index >= 15 is 0 Å². The van der Waals surface area contributed by atoms with Gasteiger partial charge in [-0.05, 0) is 112 Å². The van der Waals surface area contributed by atoms with E-state index in [4.69, 9.17) is 0 Å². The SMILES string of the molecule is C=C1/C(=C\C=C2CCC[C@@]3(C)C2CC[C@@H]3[C@](C)(C/C=C\C(O)(C(F)(F)F)C(F)(F)F)CCCC(C)(C)O)C[C@@H](O)CC1O. The lowest BCUT2D eigenvalue weighted by Gasteiger charge is -2.49. The fraction of sp³-hybridized carbons (Fsp3) is 0.758. The minimum Gasteiger partial charge on any atom is -0.393 e. The van der Waals surface area contributed by atoms with Gasteiger partial charge in [-0.15, -0.1) is 0 Å². The Balaban J connectivity index is 1.93. The second-order valence-electron chi connectivity index (χ2n) is 14.3. The molecule has 43 heavy (non-hydrogen) atoms. The van der Waals surface area contributed by atoms with E-state index in [1.165, 1.54) is 5.57 Å². The maximum Gasteiger partial charge on any atom is 0.429 e. The summed E-state index contributed by atoms with van der Waals surface area (Å²) < 4.78 is 80.2. The van der Waals surface area contributed by atoms with Gasteiger partial charge < -0.3 is 20.4 Å². The van der Waals surface area contributed by atoms with E-state index in [0.29, 0.717) is 31.3 Å². The van der Waals surface area contributed by atoms with Crippen LogP contribution in [0.25, 0.3) is 0 Å². The second kappa shape index (κ2) is 12.6. The van der Waals surface area contributed by atoms with Crippen molar-refractivity contribution in [3.8, 4) is 0 Å². The predicted molar refractivity (Wildman–Crippen MR) is 154 cm³/mol. The molecule has 0 spiro atoms. The van der Waals surface area contributed by atoms with E-state index in [9.17, 15) is 46.8 Å². The first-order valence-corrected chi connectivity index (χ1v) is 15.2. The molecule has 3 aliphatic rings. The van der Waals surface area contributed by atoms with Crippen LogP contribution in [-0.4, -0.2) is 56.2 Å². The fourth-order valence-corrected chi connectivity index (χ4v) is 8.04. The largest absolute Gasteiger partial charge is 0.429 e.